The number of nitrogens with one attached hydrogen (secondary N) is 1. The lowest BCUT2D eigenvalue weighted by atomic mass is 9.97. The number of piperidine rings is 1. The van der Waals surface area contributed by atoms with Crippen molar-refractivity contribution >= 4 is 33.3 Å². The van der Waals surface area contributed by atoms with Gasteiger partial charge in [0.05, 0.1) is 5.92 Å². The molecule has 0 aliphatic carbocycles. The molecule has 2 heterocycles. The minimum atomic E-state index is -0.132. The van der Waals surface area contributed by atoms with Crippen LogP contribution < -0.4 is 15.0 Å². The Morgan fingerprint density at radius 3 is 2.77 bits per heavy atom. The lowest BCUT2D eigenvalue weighted by Crippen LogP contribution is -2.41. The van der Waals surface area contributed by atoms with Gasteiger partial charge in [-0.1, -0.05) is 39.7 Å². The minimum absolute atomic E-state index is 0.0164. The summed E-state index contributed by atoms with van der Waals surface area (Å²) in [7, 11) is 0. The average Bonchev–Trinajstić information content (AvgIpc) is 2.76. The lowest BCUT2D eigenvalue weighted by molar-refractivity contribution is -0.120. The van der Waals surface area contributed by atoms with Gasteiger partial charge in [0.25, 0.3) is 5.88 Å². The molecule has 1 atom stereocenters. The van der Waals surface area contributed by atoms with E-state index in [-0.39, 0.29) is 11.8 Å². The van der Waals surface area contributed by atoms with Crippen molar-refractivity contribution in [3.05, 3.63) is 71.0 Å². The van der Waals surface area contributed by atoms with Crippen LogP contribution in [0.4, 0.5) is 11.5 Å². The lowest BCUT2D eigenvalue weighted by Gasteiger charge is -2.33. The van der Waals surface area contributed by atoms with Crippen molar-refractivity contribution in [2.24, 2.45) is 5.92 Å². The Hall–Kier alpha value is -2.93. The van der Waals surface area contributed by atoms with Gasteiger partial charge in [-0.25, -0.2) is 9.97 Å². The predicted molar refractivity (Wildman–Crippen MR) is 121 cm³/mol. The quantitative estimate of drug-likeness (QED) is 0.559. The summed E-state index contributed by atoms with van der Waals surface area (Å²) < 4.78 is 6.93. The number of halogens is 1. The second-order valence-corrected chi connectivity index (χ2v) is 8.30. The fourth-order valence-corrected chi connectivity index (χ4v) is 3.92. The normalized spacial score (nSPS) is 16.2. The number of carbonyl (C=O) groups is 1. The summed E-state index contributed by atoms with van der Waals surface area (Å²) >= 11 is 3.44. The highest BCUT2D eigenvalue weighted by Crippen LogP contribution is 2.31. The first-order valence-corrected chi connectivity index (χ1v) is 10.7. The molecule has 0 saturated carbocycles. The SMILES string of the molecule is Cc1ccc(Oc2nccnc2N2CCC[C@H](C(=O)Nc3cccc(Br)c3)C2)cc1. The molecule has 1 saturated heterocycles. The van der Waals surface area contributed by atoms with Crippen LogP contribution in [0.2, 0.25) is 0 Å². The van der Waals surface area contributed by atoms with Crippen molar-refractivity contribution in [3.8, 4) is 11.6 Å². The number of aryl methyl sites for hydroxylation is 1. The molecule has 2 aromatic carbocycles. The number of rotatable bonds is 5. The van der Waals surface area contributed by atoms with E-state index in [1.54, 1.807) is 12.4 Å². The first kappa shape index (κ1) is 20.3. The highest BCUT2D eigenvalue weighted by Gasteiger charge is 2.28. The molecule has 4 rings (SSSR count). The minimum Gasteiger partial charge on any atom is -0.436 e. The largest absolute Gasteiger partial charge is 0.436 e. The summed E-state index contributed by atoms with van der Waals surface area (Å²) in [6, 6.07) is 15.4. The van der Waals surface area contributed by atoms with Gasteiger partial charge in [-0.3, -0.25) is 4.79 Å². The maximum Gasteiger partial charge on any atom is 0.263 e. The molecule has 30 heavy (non-hydrogen) atoms. The Balaban J connectivity index is 1.48. The van der Waals surface area contributed by atoms with Gasteiger partial charge in [0.2, 0.25) is 5.91 Å². The molecule has 1 aliphatic rings. The second-order valence-electron chi connectivity index (χ2n) is 7.38. The third kappa shape index (κ3) is 4.97. The van der Waals surface area contributed by atoms with Crippen LogP contribution in [0.3, 0.4) is 0 Å². The molecule has 1 N–H and O–H groups in total. The Kier molecular flexibility index (Phi) is 6.28. The molecular formula is C23H23BrN4O2. The van der Waals surface area contributed by atoms with Crippen LogP contribution in [0, 0.1) is 12.8 Å². The van der Waals surface area contributed by atoms with Crippen LogP contribution in [0.15, 0.2) is 65.4 Å². The van der Waals surface area contributed by atoms with E-state index in [1.807, 2.05) is 55.5 Å². The van der Waals surface area contributed by atoms with Crippen molar-refractivity contribution in [1.82, 2.24) is 9.97 Å². The monoisotopic (exact) mass is 466 g/mol. The maximum atomic E-state index is 12.8. The zero-order valence-electron chi connectivity index (χ0n) is 16.7. The molecule has 1 aromatic heterocycles. The predicted octanol–water partition coefficient (Wildman–Crippen LogP) is 5.19. The van der Waals surface area contributed by atoms with Crippen molar-refractivity contribution in [2.45, 2.75) is 19.8 Å². The summed E-state index contributed by atoms with van der Waals surface area (Å²) in [4.78, 5) is 23.8. The summed E-state index contributed by atoms with van der Waals surface area (Å²) in [6.07, 6.45) is 5.01. The smallest absolute Gasteiger partial charge is 0.263 e. The van der Waals surface area contributed by atoms with Gasteiger partial charge in [-0.2, -0.15) is 0 Å². The molecule has 1 amide bonds. The Morgan fingerprint density at radius 1 is 1.17 bits per heavy atom. The van der Waals surface area contributed by atoms with E-state index in [0.717, 1.165) is 35.1 Å². The maximum absolute atomic E-state index is 12.8. The van der Waals surface area contributed by atoms with E-state index in [1.165, 1.54) is 0 Å². The molecule has 1 aliphatic heterocycles. The van der Waals surface area contributed by atoms with E-state index >= 15 is 0 Å². The molecular weight excluding hydrogens is 444 g/mol. The average molecular weight is 467 g/mol. The molecule has 1 fully saturated rings. The Bertz CT molecular complexity index is 1030. The molecule has 7 heteroatoms. The number of amides is 1. The topological polar surface area (TPSA) is 67.4 Å². The highest BCUT2D eigenvalue weighted by atomic mass is 79.9. The number of nitrogens with zero attached hydrogens (tertiary/aromatic N) is 3. The van der Waals surface area contributed by atoms with Gasteiger partial charge in [0.1, 0.15) is 5.75 Å². The van der Waals surface area contributed by atoms with Crippen LogP contribution in [0.5, 0.6) is 11.6 Å². The number of ether oxygens (including phenoxy) is 1. The van der Waals surface area contributed by atoms with E-state index in [9.17, 15) is 4.79 Å². The number of carbonyl (C=O) groups excluding carboxylic acids is 1. The zero-order chi connectivity index (χ0) is 20.9. The van der Waals surface area contributed by atoms with Gasteiger partial charge >= 0.3 is 0 Å². The molecule has 154 valence electrons. The van der Waals surface area contributed by atoms with Gasteiger partial charge in [-0.05, 0) is 50.1 Å². The van der Waals surface area contributed by atoms with Crippen LogP contribution in [0.1, 0.15) is 18.4 Å². The van der Waals surface area contributed by atoms with Crippen molar-refractivity contribution in [3.63, 3.8) is 0 Å². The number of benzene rings is 2. The third-order valence-corrected chi connectivity index (χ3v) is 5.56. The number of anilines is 2. The zero-order valence-corrected chi connectivity index (χ0v) is 18.3. The van der Waals surface area contributed by atoms with Crippen LogP contribution >= 0.6 is 15.9 Å². The first-order valence-electron chi connectivity index (χ1n) is 9.95. The third-order valence-electron chi connectivity index (χ3n) is 5.07. The first-order chi connectivity index (χ1) is 14.6. The van der Waals surface area contributed by atoms with Crippen molar-refractivity contribution in [1.29, 1.82) is 0 Å². The fourth-order valence-electron chi connectivity index (χ4n) is 3.52. The number of aromatic nitrogens is 2. The molecule has 0 spiro atoms. The summed E-state index contributed by atoms with van der Waals surface area (Å²) in [5, 5.41) is 3.02. The Labute approximate surface area is 184 Å². The summed E-state index contributed by atoms with van der Waals surface area (Å²) in [6.45, 7) is 3.41. The highest BCUT2D eigenvalue weighted by molar-refractivity contribution is 9.10. The summed E-state index contributed by atoms with van der Waals surface area (Å²) in [5.74, 6) is 1.71. The number of hydrogen-bond donors (Lipinski definition) is 1. The standard InChI is InChI=1S/C23H23BrN4O2/c1-16-7-9-20(10-8-16)30-23-21(25-11-12-26-23)28-13-3-4-17(15-28)22(29)27-19-6-2-5-18(24)14-19/h2,5-12,14,17H,3-4,13,15H2,1H3,(H,27,29)/t17-/m0/s1. The second kappa shape index (κ2) is 9.26. The van der Waals surface area contributed by atoms with E-state index in [0.29, 0.717) is 24.0 Å². The van der Waals surface area contributed by atoms with Gasteiger partial charge in [-0.15, -0.1) is 0 Å². The van der Waals surface area contributed by atoms with E-state index in [4.69, 9.17) is 4.74 Å². The molecule has 0 bridgehead atoms. The summed E-state index contributed by atoms with van der Waals surface area (Å²) in [5.41, 5.74) is 1.95. The fraction of sp³-hybridized carbons (Fsp3) is 0.261. The molecule has 6 nitrogen and oxygen atoms in total. The van der Waals surface area contributed by atoms with Crippen molar-refractivity contribution < 1.29 is 9.53 Å². The number of hydrogen-bond acceptors (Lipinski definition) is 5. The molecule has 0 radical (unpaired) electrons. The van der Waals surface area contributed by atoms with Gasteiger partial charge in [0, 0.05) is 35.6 Å². The van der Waals surface area contributed by atoms with Crippen LogP contribution in [0.25, 0.3) is 0 Å². The Morgan fingerprint density at radius 2 is 1.97 bits per heavy atom. The van der Waals surface area contributed by atoms with Crippen molar-refractivity contribution in [2.75, 3.05) is 23.3 Å². The molecule has 3 aromatic rings. The van der Waals surface area contributed by atoms with Crippen LogP contribution in [-0.2, 0) is 4.79 Å². The van der Waals surface area contributed by atoms with Gasteiger partial charge in [0.15, 0.2) is 5.82 Å². The van der Waals surface area contributed by atoms with E-state index in [2.05, 4.69) is 36.1 Å². The van der Waals surface area contributed by atoms with Gasteiger partial charge < -0.3 is 15.0 Å². The molecule has 0 unspecified atom stereocenters. The van der Waals surface area contributed by atoms with Crippen LogP contribution in [-0.4, -0.2) is 29.0 Å². The van der Waals surface area contributed by atoms with E-state index < -0.39 is 0 Å².